The van der Waals surface area contributed by atoms with Gasteiger partial charge in [0.2, 0.25) is 0 Å². The Morgan fingerprint density at radius 1 is 1.11 bits per heavy atom. The molecule has 1 aromatic rings. The summed E-state index contributed by atoms with van der Waals surface area (Å²) in [4.78, 5) is 4.41. The minimum absolute atomic E-state index is 0.553. The number of halogens is 2. The van der Waals surface area contributed by atoms with Gasteiger partial charge in [-0.25, -0.2) is 4.98 Å². The first-order chi connectivity index (χ1) is 9.04. The number of nitrogens with one attached hydrogen (secondary N) is 2. The lowest BCUT2D eigenvalue weighted by atomic mass is 10.1. The summed E-state index contributed by atoms with van der Waals surface area (Å²) in [6.07, 6.45) is 3.59. The van der Waals surface area contributed by atoms with E-state index in [0.29, 0.717) is 21.7 Å². The first-order valence-corrected chi connectivity index (χ1v) is 7.64. The summed E-state index contributed by atoms with van der Waals surface area (Å²) >= 11 is 12.2. The zero-order valence-electron chi connectivity index (χ0n) is 11.9. The summed E-state index contributed by atoms with van der Waals surface area (Å²) in [5.74, 6) is 2.14. The van der Waals surface area contributed by atoms with Gasteiger partial charge in [0, 0.05) is 13.1 Å². The van der Waals surface area contributed by atoms with E-state index in [4.69, 9.17) is 23.2 Å². The number of rotatable bonds is 8. The van der Waals surface area contributed by atoms with Gasteiger partial charge in [-0.2, -0.15) is 0 Å². The summed E-state index contributed by atoms with van der Waals surface area (Å²) in [5, 5.41) is 7.51. The molecule has 0 aliphatic carbocycles. The van der Waals surface area contributed by atoms with Crippen molar-refractivity contribution in [2.24, 2.45) is 5.92 Å². The fourth-order valence-corrected chi connectivity index (χ4v) is 2.26. The number of pyridine rings is 1. The number of nitrogens with zero attached hydrogens (tertiary/aromatic N) is 1. The third kappa shape index (κ3) is 5.87. The molecule has 0 aliphatic heterocycles. The highest BCUT2D eigenvalue weighted by atomic mass is 35.5. The summed E-state index contributed by atoms with van der Waals surface area (Å²) in [5.41, 5.74) is 0. The van der Waals surface area contributed by atoms with E-state index in [2.05, 4.69) is 29.5 Å². The number of unbranched alkanes of at least 4 members (excludes halogenated alkanes) is 1. The first kappa shape index (κ1) is 16.4. The zero-order valence-corrected chi connectivity index (χ0v) is 13.4. The maximum Gasteiger partial charge on any atom is 0.147 e. The van der Waals surface area contributed by atoms with Crippen LogP contribution in [0.1, 0.15) is 40.0 Å². The molecule has 0 spiro atoms. The highest BCUT2D eigenvalue weighted by Gasteiger charge is 2.08. The van der Waals surface area contributed by atoms with Gasteiger partial charge >= 0.3 is 0 Å². The highest BCUT2D eigenvalue weighted by Crippen LogP contribution is 2.29. The Balaban J connectivity index is 2.50. The van der Waals surface area contributed by atoms with Gasteiger partial charge in [0.15, 0.2) is 0 Å². The van der Waals surface area contributed by atoms with E-state index < -0.39 is 0 Å². The van der Waals surface area contributed by atoms with E-state index in [9.17, 15) is 0 Å². The van der Waals surface area contributed by atoms with Gasteiger partial charge in [-0.3, -0.25) is 0 Å². The van der Waals surface area contributed by atoms with E-state index in [1.807, 2.05) is 6.92 Å². The van der Waals surface area contributed by atoms with Crippen LogP contribution in [0.2, 0.25) is 10.0 Å². The smallest absolute Gasteiger partial charge is 0.147 e. The quantitative estimate of drug-likeness (QED) is 0.659. The van der Waals surface area contributed by atoms with Crippen molar-refractivity contribution in [3.8, 4) is 0 Å². The SMILES string of the molecule is CCNc1nc(NCCCCC(C)C)c(Cl)cc1Cl. The maximum atomic E-state index is 6.13. The largest absolute Gasteiger partial charge is 0.369 e. The Kier molecular flexibility index (Phi) is 7.32. The second-order valence-electron chi connectivity index (χ2n) is 5.00. The van der Waals surface area contributed by atoms with Gasteiger partial charge in [-0.15, -0.1) is 0 Å². The number of anilines is 2. The van der Waals surface area contributed by atoms with Crippen LogP contribution >= 0.6 is 23.2 Å². The van der Waals surface area contributed by atoms with E-state index in [1.54, 1.807) is 6.07 Å². The molecule has 0 radical (unpaired) electrons. The molecule has 3 nitrogen and oxygen atoms in total. The van der Waals surface area contributed by atoms with E-state index in [-0.39, 0.29) is 0 Å². The zero-order chi connectivity index (χ0) is 14.3. The van der Waals surface area contributed by atoms with Crippen LogP contribution in [0, 0.1) is 5.92 Å². The average molecular weight is 304 g/mol. The van der Waals surface area contributed by atoms with Crippen LogP contribution < -0.4 is 10.6 Å². The van der Waals surface area contributed by atoms with Crippen molar-refractivity contribution in [1.29, 1.82) is 0 Å². The van der Waals surface area contributed by atoms with Crippen molar-refractivity contribution in [1.82, 2.24) is 4.98 Å². The molecule has 19 heavy (non-hydrogen) atoms. The van der Waals surface area contributed by atoms with Gasteiger partial charge in [0.25, 0.3) is 0 Å². The molecule has 0 saturated carbocycles. The maximum absolute atomic E-state index is 6.13. The predicted octanol–water partition coefficient (Wildman–Crippen LogP) is 5.06. The van der Waals surface area contributed by atoms with Gasteiger partial charge in [0.05, 0.1) is 10.0 Å². The molecule has 0 aromatic carbocycles. The molecule has 0 amide bonds. The second kappa shape index (κ2) is 8.49. The standard InChI is InChI=1S/C14H23Cl2N3/c1-4-17-13-11(15)9-12(16)14(19-13)18-8-6-5-7-10(2)3/h9-10H,4-8H2,1-3H3,(H2,17,18,19). The lowest BCUT2D eigenvalue weighted by Gasteiger charge is -2.12. The molecule has 0 atom stereocenters. The average Bonchev–Trinajstić information content (AvgIpc) is 2.33. The first-order valence-electron chi connectivity index (χ1n) is 6.88. The Hall–Kier alpha value is -0.670. The molecule has 2 N–H and O–H groups in total. The van der Waals surface area contributed by atoms with Crippen LogP contribution in [-0.2, 0) is 0 Å². The minimum Gasteiger partial charge on any atom is -0.369 e. The van der Waals surface area contributed by atoms with Crippen molar-refractivity contribution in [2.45, 2.75) is 40.0 Å². The van der Waals surface area contributed by atoms with Crippen LogP contribution in [0.15, 0.2) is 6.07 Å². The summed E-state index contributed by atoms with van der Waals surface area (Å²) in [7, 11) is 0. The van der Waals surface area contributed by atoms with Gasteiger partial charge < -0.3 is 10.6 Å². The summed E-state index contributed by atoms with van der Waals surface area (Å²) in [6.45, 7) is 8.15. The molecule has 0 aliphatic rings. The van der Waals surface area contributed by atoms with E-state index in [0.717, 1.165) is 25.4 Å². The molecule has 0 unspecified atom stereocenters. The second-order valence-corrected chi connectivity index (χ2v) is 5.81. The van der Waals surface area contributed by atoms with Gasteiger partial charge in [-0.05, 0) is 25.3 Å². The molecule has 1 heterocycles. The van der Waals surface area contributed by atoms with Crippen molar-refractivity contribution < 1.29 is 0 Å². The third-order valence-corrected chi connectivity index (χ3v) is 3.35. The van der Waals surface area contributed by atoms with Crippen molar-refractivity contribution >= 4 is 34.8 Å². The third-order valence-electron chi connectivity index (χ3n) is 2.77. The fraction of sp³-hybridized carbons (Fsp3) is 0.643. The summed E-state index contributed by atoms with van der Waals surface area (Å²) in [6, 6.07) is 1.73. The lowest BCUT2D eigenvalue weighted by molar-refractivity contribution is 0.544. The van der Waals surface area contributed by atoms with Crippen LogP contribution in [0.25, 0.3) is 0 Å². The number of hydrogen-bond acceptors (Lipinski definition) is 3. The Labute approximate surface area is 126 Å². The molecule has 108 valence electrons. The van der Waals surface area contributed by atoms with Crippen molar-refractivity contribution in [3.05, 3.63) is 16.1 Å². The van der Waals surface area contributed by atoms with E-state index >= 15 is 0 Å². The molecule has 5 heteroatoms. The number of aromatic nitrogens is 1. The van der Waals surface area contributed by atoms with Crippen molar-refractivity contribution in [3.63, 3.8) is 0 Å². The Morgan fingerprint density at radius 3 is 2.32 bits per heavy atom. The minimum atomic E-state index is 0.553. The van der Waals surface area contributed by atoms with Crippen molar-refractivity contribution in [2.75, 3.05) is 23.7 Å². The lowest BCUT2D eigenvalue weighted by Crippen LogP contribution is -2.07. The van der Waals surface area contributed by atoms with Crippen LogP contribution in [0.3, 0.4) is 0 Å². The number of hydrogen-bond donors (Lipinski definition) is 2. The van der Waals surface area contributed by atoms with E-state index in [1.165, 1.54) is 12.8 Å². The molecule has 0 fully saturated rings. The van der Waals surface area contributed by atoms with Crippen LogP contribution in [-0.4, -0.2) is 18.1 Å². The Morgan fingerprint density at radius 2 is 1.74 bits per heavy atom. The summed E-state index contributed by atoms with van der Waals surface area (Å²) < 4.78 is 0. The van der Waals surface area contributed by atoms with Gasteiger partial charge in [0.1, 0.15) is 11.6 Å². The van der Waals surface area contributed by atoms with Gasteiger partial charge in [-0.1, -0.05) is 49.9 Å². The highest BCUT2D eigenvalue weighted by molar-refractivity contribution is 6.37. The molecule has 0 bridgehead atoms. The molecule has 1 rings (SSSR count). The molecule has 1 aromatic heterocycles. The molecular weight excluding hydrogens is 281 g/mol. The topological polar surface area (TPSA) is 37.0 Å². The normalized spacial score (nSPS) is 10.8. The predicted molar refractivity (Wildman–Crippen MR) is 85.6 cm³/mol. The molecular formula is C14H23Cl2N3. The monoisotopic (exact) mass is 303 g/mol. The van der Waals surface area contributed by atoms with Crippen LogP contribution in [0.4, 0.5) is 11.6 Å². The fourth-order valence-electron chi connectivity index (χ4n) is 1.77. The Bertz CT molecular complexity index is 395. The molecule has 0 saturated heterocycles. The van der Waals surface area contributed by atoms with Crippen LogP contribution in [0.5, 0.6) is 0 Å².